The van der Waals surface area contributed by atoms with Gasteiger partial charge in [0.15, 0.2) is 0 Å². The van der Waals surface area contributed by atoms with Crippen molar-refractivity contribution in [2.24, 2.45) is 0 Å². The Labute approximate surface area is 48.4 Å². The second kappa shape index (κ2) is 2.40. The molecular weight excluding hydrogens is 104 g/mol. The Morgan fingerprint density at radius 3 is 2.12 bits per heavy atom. The van der Waals surface area contributed by atoms with Gasteiger partial charge in [-0.3, -0.25) is 0 Å². The van der Waals surface area contributed by atoms with E-state index in [9.17, 15) is 0 Å². The fourth-order valence-corrected chi connectivity index (χ4v) is 0.435. The molecule has 0 amide bonds. The van der Waals surface area contributed by atoms with E-state index in [1.807, 2.05) is 6.92 Å². The van der Waals surface area contributed by atoms with Crippen LogP contribution < -0.4 is 0 Å². The third kappa shape index (κ3) is 1.30. The first-order valence-electron chi connectivity index (χ1n) is 2.52. The Hall–Kier alpha value is -0.920. The summed E-state index contributed by atoms with van der Waals surface area (Å²) in [7, 11) is 0. The van der Waals surface area contributed by atoms with Gasteiger partial charge in [-0.2, -0.15) is 0 Å². The summed E-state index contributed by atoms with van der Waals surface area (Å²) in [6, 6.07) is 0. The minimum atomic E-state index is -0.148. The summed E-state index contributed by atoms with van der Waals surface area (Å²) in [5.41, 5.74) is 0. The molecule has 8 heavy (non-hydrogen) atoms. The van der Waals surface area contributed by atoms with Gasteiger partial charge in [0.25, 0.3) is 0 Å². The van der Waals surface area contributed by atoms with Crippen molar-refractivity contribution in [3.63, 3.8) is 0 Å². The highest BCUT2D eigenvalue weighted by molar-refractivity contribution is 4.97. The zero-order valence-electron chi connectivity index (χ0n) is 4.70. The van der Waals surface area contributed by atoms with E-state index in [4.69, 9.17) is 9.47 Å². The minimum absolute atomic E-state index is 0.148. The van der Waals surface area contributed by atoms with Crippen LogP contribution in [0.25, 0.3) is 0 Å². The predicted octanol–water partition coefficient (Wildman–Crippen LogP) is 1.41. The third-order valence-electron chi connectivity index (χ3n) is 0.809. The van der Waals surface area contributed by atoms with E-state index in [1.54, 1.807) is 24.7 Å². The van der Waals surface area contributed by atoms with Gasteiger partial charge in [0.2, 0.25) is 6.29 Å². The van der Waals surface area contributed by atoms with Crippen LogP contribution in [0.5, 0.6) is 0 Å². The smallest absolute Gasteiger partial charge is 0.236 e. The van der Waals surface area contributed by atoms with E-state index in [-0.39, 0.29) is 6.29 Å². The molecule has 0 radical (unpaired) electrons. The molecule has 0 N–H and O–H groups in total. The molecule has 0 aliphatic carbocycles. The molecule has 44 valence electrons. The Bertz CT molecular complexity index is 102. The van der Waals surface area contributed by atoms with Crippen LogP contribution in [0.3, 0.4) is 0 Å². The van der Waals surface area contributed by atoms with Crippen molar-refractivity contribution in [1.29, 1.82) is 0 Å². The molecule has 0 aromatic carbocycles. The van der Waals surface area contributed by atoms with E-state index in [2.05, 4.69) is 0 Å². The third-order valence-corrected chi connectivity index (χ3v) is 0.809. The lowest BCUT2D eigenvalue weighted by molar-refractivity contribution is -0.0433. The van der Waals surface area contributed by atoms with Gasteiger partial charge in [-0.15, -0.1) is 0 Å². The maximum absolute atomic E-state index is 4.94. The van der Waals surface area contributed by atoms with Gasteiger partial charge in [0, 0.05) is 6.92 Å². The average molecular weight is 112 g/mol. The monoisotopic (exact) mass is 112 g/mol. The minimum Gasteiger partial charge on any atom is -0.463 e. The summed E-state index contributed by atoms with van der Waals surface area (Å²) < 4.78 is 9.88. The molecule has 2 nitrogen and oxygen atoms in total. The highest BCUT2D eigenvalue weighted by atomic mass is 16.7. The largest absolute Gasteiger partial charge is 0.463 e. The molecule has 0 aromatic rings. The lowest BCUT2D eigenvalue weighted by atomic mass is 10.6. The fraction of sp³-hybridized carbons (Fsp3) is 0.333. The zero-order chi connectivity index (χ0) is 5.82. The van der Waals surface area contributed by atoms with Crippen molar-refractivity contribution in [2.45, 2.75) is 13.2 Å². The van der Waals surface area contributed by atoms with Crippen LogP contribution in [0.2, 0.25) is 0 Å². The molecule has 0 aromatic heterocycles. The number of ether oxygens (including phenoxy) is 2. The van der Waals surface area contributed by atoms with Gasteiger partial charge in [0.1, 0.15) is 0 Å². The predicted molar refractivity (Wildman–Crippen MR) is 29.9 cm³/mol. The number of rotatable bonds is 0. The number of allylic oxidation sites excluding steroid dienone is 2. The topological polar surface area (TPSA) is 18.5 Å². The molecule has 2 heteroatoms. The summed E-state index contributed by atoms with van der Waals surface area (Å²) in [6.45, 7) is 1.83. The standard InChI is InChI=1S/C6H8O2/c1-6-7-4-2-3-5-8-6/h2-6H,1H3. The maximum Gasteiger partial charge on any atom is 0.236 e. The summed E-state index contributed by atoms with van der Waals surface area (Å²) in [4.78, 5) is 0. The molecule has 0 unspecified atom stereocenters. The summed E-state index contributed by atoms with van der Waals surface area (Å²) in [6.07, 6.45) is 6.62. The molecule has 0 saturated carbocycles. The van der Waals surface area contributed by atoms with Crippen molar-refractivity contribution in [3.8, 4) is 0 Å². The summed E-state index contributed by atoms with van der Waals surface area (Å²) >= 11 is 0. The van der Waals surface area contributed by atoms with Gasteiger partial charge >= 0.3 is 0 Å². The van der Waals surface area contributed by atoms with Crippen molar-refractivity contribution in [1.82, 2.24) is 0 Å². The molecule has 0 fully saturated rings. The van der Waals surface area contributed by atoms with Crippen LogP contribution in [-0.2, 0) is 9.47 Å². The van der Waals surface area contributed by atoms with Crippen LogP contribution in [0.4, 0.5) is 0 Å². The molecule has 0 bridgehead atoms. The summed E-state index contributed by atoms with van der Waals surface area (Å²) in [5, 5.41) is 0. The second-order valence-corrected chi connectivity index (χ2v) is 1.50. The van der Waals surface area contributed by atoms with Crippen molar-refractivity contribution in [2.75, 3.05) is 0 Å². The quantitative estimate of drug-likeness (QED) is 0.471. The lowest BCUT2D eigenvalue weighted by Gasteiger charge is -2.06. The normalized spacial score (nSPS) is 19.1. The Balaban J connectivity index is 2.45. The first kappa shape index (κ1) is 5.22. The lowest BCUT2D eigenvalue weighted by Crippen LogP contribution is -2.03. The van der Waals surface area contributed by atoms with Crippen LogP contribution >= 0.6 is 0 Å². The zero-order valence-corrected chi connectivity index (χ0v) is 4.70. The van der Waals surface area contributed by atoms with E-state index in [1.165, 1.54) is 0 Å². The van der Waals surface area contributed by atoms with Gasteiger partial charge < -0.3 is 9.47 Å². The molecule has 1 aliphatic heterocycles. The second-order valence-electron chi connectivity index (χ2n) is 1.50. The van der Waals surface area contributed by atoms with Gasteiger partial charge in [-0.25, -0.2) is 0 Å². The summed E-state index contributed by atoms with van der Waals surface area (Å²) in [5.74, 6) is 0. The Morgan fingerprint density at radius 2 is 1.62 bits per heavy atom. The average Bonchev–Trinajstić information content (AvgIpc) is 1.94. The van der Waals surface area contributed by atoms with Gasteiger partial charge in [0.05, 0.1) is 12.5 Å². The Kier molecular flexibility index (Phi) is 1.57. The van der Waals surface area contributed by atoms with E-state index in [0.717, 1.165) is 0 Å². The number of hydrogen-bond acceptors (Lipinski definition) is 2. The molecule has 0 atom stereocenters. The molecule has 0 spiro atoms. The van der Waals surface area contributed by atoms with Crippen LogP contribution in [0.1, 0.15) is 6.92 Å². The van der Waals surface area contributed by atoms with E-state index >= 15 is 0 Å². The van der Waals surface area contributed by atoms with Gasteiger partial charge in [-0.05, 0) is 12.2 Å². The highest BCUT2D eigenvalue weighted by Crippen LogP contribution is 1.98. The van der Waals surface area contributed by atoms with Crippen LogP contribution in [0, 0.1) is 0 Å². The van der Waals surface area contributed by atoms with Crippen LogP contribution in [-0.4, -0.2) is 6.29 Å². The van der Waals surface area contributed by atoms with Gasteiger partial charge in [-0.1, -0.05) is 0 Å². The van der Waals surface area contributed by atoms with Crippen molar-refractivity contribution >= 4 is 0 Å². The molecule has 1 aliphatic rings. The van der Waals surface area contributed by atoms with E-state index in [0.29, 0.717) is 0 Å². The molecular formula is C6H8O2. The Morgan fingerprint density at radius 1 is 1.12 bits per heavy atom. The van der Waals surface area contributed by atoms with Crippen LogP contribution in [0.15, 0.2) is 24.7 Å². The highest BCUT2D eigenvalue weighted by Gasteiger charge is 1.95. The molecule has 1 rings (SSSR count). The fourth-order valence-electron chi connectivity index (χ4n) is 0.435. The molecule has 1 heterocycles. The molecule has 0 saturated heterocycles. The van der Waals surface area contributed by atoms with Crippen molar-refractivity contribution < 1.29 is 9.47 Å². The SMILES string of the molecule is CC1OC=CC=CO1. The maximum atomic E-state index is 4.94. The number of hydrogen-bond donors (Lipinski definition) is 0. The first-order valence-corrected chi connectivity index (χ1v) is 2.52. The van der Waals surface area contributed by atoms with Crippen molar-refractivity contribution in [3.05, 3.63) is 24.7 Å². The first-order chi connectivity index (χ1) is 3.89. The van der Waals surface area contributed by atoms with E-state index < -0.39 is 0 Å².